The molecule has 0 fully saturated rings. The average molecular weight is 464 g/mol. The fraction of sp³-hybridized carbons (Fsp3) is 0.167. The summed E-state index contributed by atoms with van der Waals surface area (Å²) in [6, 6.07) is 16.1. The molecule has 1 N–H and O–H groups in total. The third kappa shape index (κ3) is 4.49. The summed E-state index contributed by atoms with van der Waals surface area (Å²) >= 11 is 1.45. The maximum absolute atomic E-state index is 12.0. The number of allylic oxidation sites excluding steroid dienone is 3. The normalized spacial score (nSPS) is 15.8. The Balaban J connectivity index is 1.86. The lowest BCUT2D eigenvalue weighted by Crippen LogP contribution is -2.26. The molecule has 0 amide bonds. The molecule has 33 heavy (non-hydrogen) atoms. The van der Waals surface area contributed by atoms with Crippen molar-refractivity contribution < 1.29 is 19.2 Å². The van der Waals surface area contributed by atoms with Crippen molar-refractivity contribution in [3.8, 4) is 11.3 Å². The molecule has 168 valence electrons. The van der Waals surface area contributed by atoms with Gasteiger partial charge in [0.05, 0.1) is 29.3 Å². The molecule has 2 heterocycles. The van der Waals surface area contributed by atoms with Crippen molar-refractivity contribution in [1.82, 2.24) is 10.3 Å². The summed E-state index contributed by atoms with van der Waals surface area (Å²) < 4.78 is 10.3. The van der Waals surface area contributed by atoms with E-state index in [0.717, 1.165) is 22.5 Å². The summed E-state index contributed by atoms with van der Waals surface area (Å²) in [4.78, 5) is 27.9. The number of methoxy groups -OCH3 is 1. The molecule has 1 aliphatic rings. The van der Waals surface area contributed by atoms with Crippen molar-refractivity contribution in [2.75, 3.05) is 7.11 Å². The Hall–Kier alpha value is -3.98. The Morgan fingerprint density at radius 2 is 1.88 bits per heavy atom. The molecular formula is C24H21N3O5S. The van der Waals surface area contributed by atoms with Crippen LogP contribution in [0.3, 0.4) is 0 Å². The SMILES string of the molecule is COC(=O)OC1=C(C)NC(C)=C(c2nc(-c3ccccc3)cs2)C1c1cccc([N+](=O)[O-])c1. The Kier molecular flexibility index (Phi) is 6.23. The third-order valence-electron chi connectivity index (χ3n) is 5.28. The standard InChI is InChI=1S/C24H21N3O5S/c1-14-20(23-26-19(13-33-23)16-8-5-4-6-9-16)21(17-10-7-11-18(12-17)27(29)30)22(15(2)25-14)32-24(28)31-3/h4-13,21,25H,1-3H3. The first-order chi connectivity index (χ1) is 15.9. The minimum atomic E-state index is -0.871. The summed E-state index contributed by atoms with van der Waals surface area (Å²) in [7, 11) is 1.23. The van der Waals surface area contributed by atoms with E-state index in [4.69, 9.17) is 14.5 Å². The number of nitro benzene ring substituents is 1. The number of nitrogens with one attached hydrogen (secondary N) is 1. The highest BCUT2D eigenvalue weighted by Crippen LogP contribution is 2.45. The number of rotatable bonds is 5. The lowest BCUT2D eigenvalue weighted by atomic mass is 9.85. The van der Waals surface area contributed by atoms with E-state index in [2.05, 4.69) is 5.32 Å². The molecule has 0 spiro atoms. The van der Waals surface area contributed by atoms with Gasteiger partial charge in [0.2, 0.25) is 0 Å². The molecule has 2 aromatic carbocycles. The number of hydrogen-bond acceptors (Lipinski definition) is 8. The molecule has 1 aromatic heterocycles. The van der Waals surface area contributed by atoms with Gasteiger partial charge >= 0.3 is 6.16 Å². The molecule has 0 radical (unpaired) electrons. The number of non-ortho nitro benzene ring substituents is 1. The maximum Gasteiger partial charge on any atom is 0.513 e. The van der Waals surface area contributed by atoms with E-state index < -0.39 is 17.0 Å². The summed E-state index contributed by atoms with van der Waals surface area (Å²) in [6.45, 7) is 3.68. The largest absolute Gasteiger partial charge is 0.513 e. The van der Waals surface area contributed by atoms with Crippen LogP contribution in [-0.4, -0.2) is 23.2 Å². The van der Waals surface area contributed by atoms with Gasteiger partial charge in [0.15, 0.2) is 0 Å². The van der Waals surface area contributed by atoms with Gasteiger partial charge < -0.3 is 14.8 Å². The van der Waals surface area contributed by atoms with Crippen LogP contribution >= 0.6 is 11.3 Å². The lowest BCUT2D eigenvalue weighted by Gasteiger charge is -2.30. The molecule has 1 unspecified atom stereocenters. The van der Waals surface area contributed by atoms with Crippen LogP contribution in [0, 0.1) is 10.1 Å². The number of carbonyl (C=O) groups is 1. The minimum Gasteiger partial charge on any atom is -0.437 e. The number of carbonyl (C=O) groups excluding carboxylic acids is 1. The van der Waals surface area contributed by atoms with Crippen LogP contribution < -0.4 is 5.32 Å². The van der Waals surface area contributed by atoms with Crippen LogP contribution in [0.1, 0.15) is 30.3 Å². The molecule has 4 rings (SSSR count). The van der Waals surface area contributed by atoms with E-state index in [-0.39, 0.29) is 5.69 Å². The Morgan fingerprint density at radius 3 is 2.58 bits per heavy atom. The number of ether oxygens (including phenoxy) is 2. The molecule has 3 aromatic rings. The number of nitro groups is 1. The van der Waals surface area contributed by atoms with Gasteiger partial charge in [-0.15, -0.1) is 11.3 Å². The van der Waals surface area contributed by atoms with Crippen molar-refractivity contribution in [3.63, 3.8) is 0 Å². The van der Waals surface area contributed by atoms with Crippen molar-refractivity contribution >= 4 is 28.8 Å². The zero-order valence-electron chi connectivity index (χ0n) is 18.2. The molecule has 0 saturated heterocycles. The van der Waals surface area contributed by atoms with Gasteiger partial charge in [-0.1, -0.05) is 42.5 Å². The number of benzene rings is 2. The van der Waals surface area contributed by atoms with E-state index >= 15 is 0 Å². The van der Waals surface area contributed by atoms with E-state index in [0.29, 0.717) is 22.0 Å². The van der Waals surface area contributed by atoms with Gasteiger partial charge in [0.1, 0.15) is 10.8 Å². The fourth-order valence-electron chi connectivity index (χ4n) is 3.80. The first-order valence-corrected chi connectivity index (χ1v) is 11.0. The second-order valence-electron chi connectivity index (χ2n) is 7.40. The van der Waals surface area contributed by atoms with Crippen LogP contribution in [0.25, 0.3) is 16.8 Å². The molecule has 8 nitrogen and oxygen atoms in total. The second kappa shape index (κ2) is 9.25. The fourth-order valence-corrected chi connectivity index (χ4v) is 4.76. The van der Waals surface area contributed by atoms with E-state index in [1.807, 2.05) is 42.6 Å². The number of dihydropyridines is 1. The lowest BCUT2D eigenvalue weighted by molar-refractivity contribution is -0.384. The predicted octanol–water partition coefficient (Wildman–Crippen LogP) is 5.85. The van der Waals surface area contributed by atoms with E-state index in [1.54, 1.807) is 19.1 Å². The van der Waals surface area contributed by atoms with Gasteiger partial charge in [0, 0.05) is 34.3 Å². The van der Waals surface area contributed by atoms with Crippen molar-refractivity contribution in [1.29, 1.82) is 0 Å². The monoisotopic (exact) mass is 463 g/mol. The number of hydrogen-bond donors (Lipinski definition) is 1. The number of nitrogens with zero attached hydrogens (tertiary/aromatic N) is 2. The minimum absolute atomic E-state index is 0.0535. The van der Waals surface area contributed by atoms with Crippen LogP contribution in [0.4, 0.5) is 10.5 Å². The molecule has 0 bridgehead atoms. The van der Waals surface area contributed by atoms with Crippen molar-refractivity contribution in [2.24, 2.45) is 0 Å². The van der Waals surface area contributed by atoms with Crippen molar-refractivity contribution in [2.45, 2.75) is 19.8 Å². The maximum atomic E-state index is 12.0. The number of aromatic nitrogens is 1. The molecule has 9 heteroatoms. The Morgan fingerprint density at radius 1 is 1.12 bits per heavy atom. The molecular weight excluding hydrogens is 442 g/mol. The first kappa shape index (κ1) is 22.2. The molecule has 0 aliphatic carbocycles. The van der Waals surface area contributed by atoms with Gasteiger partial charge in [-0.25, -0.2) is 9.78 Å². The molecule has 1 atom stereocenters. The molecule has 0 saturated carbocycles. The van der Waals surface area contributed by atoms with Crippen LogP contribution in [0.2, 0.25) is 0 Å². The first-order valence-electron chi connectivity index (χ1n) is 10.1. The highest BCUT2D eigenvalue weighted by Gasteiger charge is 2.35. The quantitative estimate of drug-likeness (QED) is 0.287. The highest BCUT2D eigenvalue weighted by molar-refractivity contribution is 7.11. The summed E-state index contributed by atoms with van der Waals surface area (Å²) in [5, 5.41) is 17.4. The highest BCUT2D eigenvalue weighted by atomic mass is 32.1. The Bertz CT molecular complexity index is 1280. The summed E-state index contributed by atoms with van der Waals surface area (Å²) in [6.07, 6.45) is -0.871. The molecule has 1 aliphatic heterocycles. The topological polar surface area (TPSA) is 104 Å². The smallest absolute Gasteiger partial charge is 0.437 e. The van der Waals surface area contributed by atoms with Gasteiger partial charge in [-0.3, -0.25) is 10.1 Å². The summed E-state index contributed by atoms with van der Waals surface area (Å²) in [5.41, 5.74) is 4.54. The summed E-state index contributed by atoms with van der Waals surface area (Å²) in [5.74, 6) is -0.292. The Labute approximate surface area is 194 Å². The number of thiazole rings is 1. The third-order valence-corrected chi connectivity index (χ3v) is 6.15. The second-order valence-corrected chi connectivity index (χ2v) is 8.26. The predicted molar refractivity (Wildman–Crippen MR) is 125 cm³/mol. The average Bonchev–Trinajstić information content (AvgIpc) is 3.30. The van der Waals surface area contributed by atoms with Gasteiger partial charge in [0.25, 0.3) is 5.69 Å². The zero-order valence-corrected chi connectivity index (χ0v) is 19.0. The van der Waals surface area contributed by atoms with Gasteiger partial charge in [-0.2, -0.15) is 0 Å². The van der Waals surface area contributed by atoms with Gasteiger partial charge in [-0.05, 0) is 19.4 Å². The van der Waals surface area contributed by atoms with Crippen LogP contribution in [0.5, 0.6) is 0 Å². The zero-order chi connectivity index (χ0) is 23.5. The van der Waals surface area contributed by atoms with E-state index in [9.17, 15) is 14.9 Å². The van der Waals surface area contributed by atoms with Crippen LogP contribution in [-0.2, 0) is 9.47 Å². The van der Waals surface area contributed by atoms with Crippen molar-refractivity contribution in [3.05, 3.63) is 97.8 Å². The van der Waals surface area contributed by atoms with E-state index in [1.165, 1.54) is 30.6 Å². The van der Waals surface area contributed by atoms with Crippen LogP contribution in [0.15, 0.2) is 77.1 Å².